The second-order valence-corrected chi connectivity index (χ2v) is 8.08. The first-order valence-corrected chi connectivity index (χ1v) is 11.3. The molecule has 1 aliphatic heterocycles. The molecule has 0 spiro atoms. The Kier molecular flexibility index (Phi) is 7.45. The van der Waals surface area contributed by atoms with E-state index in [4.69, 9.17) is 14.2 Å². The zero-order chi connectivity index (χ0) is 25.5. The lowest BCUT2D eigenvalue weighted by molar-refractivity contribution is -0.153. The number of nitrogens with zero attached hydrogens (tertiary/aromatic N) is 2. The topological polar surface area (TPSA) is 119 Å². The van der Waals surface area contributed by atoms with Crippen LogP contribution in [-0.4, -0.2) is 49.9 Å². The van der Waals surface area contributed by atoms with Crippen molar-refractivity contribution in [3.05, 3.63) is 78.6 Å². The number of hydrogen-bond acceptors (Lipinski definition) is 8. The summed E-state index contributed by atoms with van der Waals surface area (Å²) in [4.78, 5) is 36.5. The highest BCUT2D eigenvalue weighted by Gasteiger charge is 2.52. The SMILES string of the molecule is COCCC1(Oc2ccc(OC3=CC/C(=N\N(C)c4ccccc4)C=C3)cc2)C(=O)NC(=O)NC1=O. The van der Waals surface area contributed by atoms with Gasteiger partial charge in [-0.3, -0.25) is 25.2 Å². The summed E-state index contributed by atoms with van der Waals surface area (Å²) in [6, 6.07) is 15.4. The number of anilines is 1. The Morgan fingerprint density at radius 2 is 1.61 bits per heavy atom. The van der Waals surface area contributed by atoms with Crippen molar-refractivity contribution in [3.63, 3.8) is 0 Å². The number of methoxy groups -OCH3 is 1. The van der Waals surface area contributed by atoms with E-state index in [1.54, 1.807) is 24.3 Å². The number of benzene rings is 2. The Balaban J connectivity index is 1.39. The van der Waals surface area contributed by atoms with Crippen molar-refractivity contribution in [1.82, 2.24) is 10.6 Å². The molecule has 0 bridgehead atoms. The van der Waals surface area contributed by atoms with Crippen LogP contribution in [0.5, 0.6) is 11.5 Å². The van der Waals surface area contributed by atoms with Gasteiger partial charge in [-0.05, 0) is 54.6 Å². The second kappa shape index (κ2) is 10.9. The van der Waals surface area contributed by atoms with Crippen molar-refractivity contribution in [3.8, 4) is 11.5 Å². The maximum atomic E-state index is 12.5. The van der Waals surface area contributed by atoms with Crippen LogP contribution in [0.1, 0.15) is 12.8 Å². The number of rotatable bonds is 9. The zero-order valence-corrected chi connectivity index (χ0v) is 19.9. The first kappa shape index (κ1) is 24.7. The number of amides is 4. The summed E-state index contributed by atoms with van der Waals surface area (Å²) in [7, 11) is 3.34. The third-order valence-electron chi connectivity index (χ3n) is 5.56. The molecule has 10 nitrogen and oxygen atoms in total. The number of barbiturate groups is 1. The molecule has 4 rings (SSSR count). The maximum Gasteiger partial charge on any atom is 0.328 e. The minimum atomic E-state index is -1.93. The number of hydrogen-bond donors (Lipinski definition) is 2. The van der Waals surface area contributed by atoms with Crippen molar-refractivity contribution in [2.45, 2.75) is 18.4 Å². The molecule has 0 atom stereocenters. The first-order valence-electron chi connectivity index (χ1n) is 11.3. The molecule has 1 aliphatic carbocycles. The van der Waals surface area contributed by atoms with Gasteiger partial charge in [-0.2, -0.15) is 5.10 Å². The highest BCUT2D eigenvalue weighted by atomic mass is 16.5. The number of allylic oxidation sites excluding steroid dienone is 3. The Morgan fingerprint density at radius 1 is 0.944 bits per heavy atom. The van der Waals surface area contributed by atoms with E-state index < -0.39 is 23.4 Å². The average molecular weight is 491 g/mol. The summed E-state index contributed by atoms with van der Waals surface area (Å²) in [5.41, 5.74) is -0.0457. The summed E-state index contributed by atoms with van der Waals surface area (Å²) in [5.74, 6) is -0.238. The number of para-hydroxylation sites is 1. The lowest BCUT2D eigenvalue weighted by Crippen LogP contribution is -2.69. The largest absolute Gasteiger partial charge is 0.467 e. The van der Waals surface area contributed by atoms with Crippen LogP contribution in [0.2, 0.25) is 0 Å². The van der Waals surface area contributed by atoms with Gasteiger partial charge in [0, 0.05) is 27.0 Å². The number of hydrazone groups is 1. The van der Waals surface area contributed by atoms with Gasteiger partial charge in [-0.1, -0.05) is 18.2 Å². The highest BCUT2D eigenvalue weighted by Crippen LogP contribution is 2.27. The third-order valence-corrected chi connectivity index (χ3v) is 5.56. The van der Waals surface area contributed by atoms with Crippen LogP contribution in [0.4, 0.5) is 10.5 Å². The Morgan fingerprint density at radius 3 is 2.22 bits per heavy atom. The van der Waals surface area contributed by atoms with Crippen molar-refractivity contribution in [2.24, 2.45) is 5.10 Å². The molecule has 2 aromatic carbocycles. The fourth-order valence-electron chi connectivity index (χ4n) is 3.64. The van der Waals surface area contributed by atoms with Crippen LogP contribution in [0, 0.1) is 0 Å². The predicted molar refractivity (Wildman–Crippen MR) is 133 cm³/mol. The molecule has 186 valence electrons. The molecule has 2 N–H and O–H groups in total. The highest BCUT2D eigenvalue weighted by molar-refractivity contribution is 6.21. The molecule has 1 heterocycles. The molecule has 1 saturated heterocycles. The maximum absolute atomic E-state index is 12.5. The van der Waals surface area contributed by atoms with Gasteiger partial charge in [0.05, 0.1) is 18.0 Å². The summed E-state index contributed by atoms with van der Waals surface area (Å²) in [5, 5.41) is 10.6. The van der Waals surface area contributed by atoms with Gasteiger partial charge in [-0.15, -0.1) is 0 Å². The standard InChI is InChI=1S/C26H26N4O6/c1-30(19-6-4-3-5-7-19)29-18-8-10-20(11-9-18)35-21-12-14-22(15-13-21)36-26(16-17-34-2)23(31)27-25(33)28-24(26)32/h3-8,10-15H,9,16-17H2,1-2H3,(H2,27,28,31,32,33)/b29-18-. The lowest BCUT2D eigenvalue weighted by atomic mass is 9.95. The Bertz CT molecular complexity index is 1200. The van der Waals surface area contributed by atoms with E-state index in [-0.39, 0.29) is 18.8 Å². The molecule has 0 saturated carbocycles. The number of carbonyl (C=O) groups excluding carboxylic acids is 3. The number of imide groups is 2. The van der Waals surface area contributed by atoms with Crippen molar-refractivity contribution in [1.29, 1.82) is 0 Å². The van der Waals surface area contributed by atoms with Gasteiger partial charge in [0.1, 0.15) is 17.3 Å². The minimum Gasteiger partial charge on any atom is -0.467 e. The van der Waals surface area contributed by atoms with Gasteiger partial charge in [0.25, 0.3) is 17.4 Å². The summed E-state index contributed by atoms with van der Waals surface area (Å²) in [6.07, 6.45) is 6.19. The van der Waals surface area contributed by atoms with Gasteiger partial charge in [0.2, 0.25) is 0 Å². The van der Waals surface area contributed by atoms with Crippen LogP contribution >= 0.6 is 0 Å². The zero-order valence-electron chi connectivity index (χ0n) is 19.9. The molecule has 0 aromatic heterocycles. The molecule has 10 heteroatoms. The van der Waals surface area contributed by atoms with E-state index in [0.717, 1.165) is 11.4 Å². The summed E-state index contributed by atoms with van der Waals surface area (Å²) >= 11 is 0. The number of urea groups is 1. The van der Waals surface area contributed by atoms with E-state index >= 15 is 0 Å². The quantitative estimate of drug-likeness (QED) is 0.410. The van der Waals surface area contributed by atoms with Crippen LogP contribution in [-0.2, 0) is 14.3 Å². The van der Waals surface area contributed by atoms with Crippen LogP contribution in [0.25, 0.3) is 0 Å². The Labute approximate surface area is 208 Å². The van der Waals surface area contributed by atoms with Crippen LogP contribution in [0.3, 0.4) is 0 Å². The molecule has 4 amide bonds. The number of carbonyl (C=O) groups is 3. The number of nitrogens with one attached hydrogen (secondary N) is 2. The smallest absolute Gasteiger partial charge is 0.328 e. The molecular formula is C26H26N4O6. The fraction of sp³-hybridized carbons (Fsp3) is 0.231. The van der Waals surface area contributed by atoms with Gasteiger partial charge >= 0.3 is 6.03 Å². The average Bonchev–Trinajstić information content (AvgIpc) is 2.88. The molecule has 2 aliphatic rings. The normalized spacial score (nSPS) is 17.8. The Hall–Kier alpha value is -4.44. The lowest BCUT2D eigenvalue weighted by Gasteiger charge is -2.34. The van der Waals surface area contributed by atoms with Crippen molar-refractivity contribution < 1.29 is 28.6 Å². The molecule has 2 aromatic rings. The van der Waals surface area contributed by atoms with Gasteiger partial charge in [-0.25, -0.2) is 4.79 Å². The van der Waals surface area contributed by atoms with Crippen molar-refractivity contribution in [2.75, 3.05) is 25.8 Å². The molecule has 0 radical (unpaired) electrons. The van der Waals surface area contributed by atoms with Crippen molar-refractivity contribution >= 4 is 29.2 Å². The molecule has 0 unspecified atom stereocenters. The monoisotopic (exact) mass is 490 g/mol. The van der Waals surface area contributed by atoms with E-state index in [1.807, 2.05) is 60.6 Å². The summed E-state index contributed by atoms with van der Waals surface area (Å²) < 4.78 is 16.7. The van der Waals surface area contributed by atoms with E-state index in [9.17, 15) is 14.4 Å². The van der Waals surface area contributed by atoms with Gasteiger partial charge < -0.3 is 14.2 Å². The third kappa shape index (κ3) is 5.61. The molecule has 36 heavy (non-hydrogen) atoms. The number of ether oxygens (including phenoxy) is 3. The van der Waals surface area contributed by atoms with E-state index in [1.165, 1.54) is 7.11 Å². The fourth-order valence-corrected chi connectivity index (χ4v) is 3.64. The van der Waals surface area contributed by atoms with E-state index in [2.05, 4.69) is 15.7 Å². The predicted octanol–water partition coefficient (Wildman–Crippen LogP) is 2.92. The van der Waals surface area contributed by atoms with Gasteiger partial charge in [0.15, 0.2) is 0 Å². The minimum absolute atomic E-state index is 0.0726. The summed E-state index contributed by atoms with van der Waals surface area (Å²) in [6.45, 7) is 0.0726. The van der Waals surface area contributed by atoms with Crippen LogP contribution in [0.15, 0.2) is 83.7 Å². The van der Waals surface area contributed by atoms with Crippen LogP contribution < -0.4 is 25.1 Å². The molecule has 1 fully saturated rings. The second-order valence-electron chi connectivity index (χ2n) is 8.08. The van der Waals surface area contributed by atoms with E-state index in [0.29, 0.717) is 17.9 Å². The first-order chi connectivity index (χ1) is 17.4. The molecular weight excluding hydrogens is 464 g/mol.